The number of benzene rings is 1. The van der Waals surface area contributed by atoms with E-state index in [1.165, 1.54) is 71.6 Å². The summed E-state index contributed by atoms with van der Waals surface area (Å²) in [7, 11) is 0. The number of carbonyl (C=O) groups is 6. The smallest absolute Gasteiger partial charge is 0.245 e. The number of ketones is 1. The number of nitrogens with one attached hydrogen (secondary N) is 7. The summed E-state index contributed by atoms with van der Waals surface area (Å²) in [5.74, 6) is -4.57. The van der Waals surface area contributed by atoms with Crippen molar-refractivity contribution in [3.05, 3.63) is 35.9 Å². The highest BCUT2D eigenvalue weighted by molar-refractivity contribution is 5.96. The molecule has 0 fully saturated rings. The molecule has 0 aromatic heterocycles. The number of hydrogen-bond donors (Lipinski definition) is 10. The molecule has 1 unspecified atom stereocenters. The second-order valence-corrected chi connectivity index (χ2v) is 16.2. The highest BCUT2D eigenvalue weighted by atomic mass is 16.3. The average Bonchev–Trinajstić information content (AvgIpc) is 3.20. The Balaban J connectivity index is 2.96. The molecule has 1 aromatic carbocycles. The van der Waals surface area contributed by atoms with Gasteiger partial charge in [-0.15, -0.1) is 0 Å². The average molecular weight is 845 g/mol. The Morgan fingerprint density at radius 2 is 1.15 bits per heavy atom. The summed E-state index contributed by atoms with van der Waals surface area (Å²) in [6, 6.07) is 2.70. The van der Waals surface area contributed by atoms with Crippen molar-refractivity contribution in [1.29, 1.82) is 5.41 Å². The standard InChI is InChI=1S/C44H76N8O8/c1-6-7-8-9-10-11-12-13-14-15-16-17-21-26-37(56)51-39(32(5)55)43(60)52-38(30(2)3)42(59)49-35(28-33-23-19-18-20-24-33)41(58)48-34(25-22-27-47-44(45)46)40(57)50-36(29-53)31(4)54/h18-20,23-24,30,32,34-36,38-39,53,55H,6-17,21-22,25-29H2,1-5H3,(H,48,58)(H,49,59)(H,50,57)(H,51,56)(H,52,60)(H4,45,46,47)/t32-,34+,35+,36+,38+,39?/m1/s1. The van der Waals surface area contributed by atoms with Crippen molar-refractivity contribution in [3.8, 4) is 0 Å². The molecule has 1 aromatic rings. The van der Waals surface area contributed by atoms with Crippen LogP contribution in [0.1, 0.15) is 143 Å². The summed E-state index contributed by atoms with van der Waals surface area (Å²) in [5.41, 5.74) is 6.06. The van der Waals surface area contributed by atoms with Crippen LogP contribution in [0, 0.1) is 11.3 Å². The van der Waals surface area contributed by atoms with Crippen LogP contribution < -0.4 is 37.6 Å². The molecule has 0 radical (unpaired) electrons. The molecule has 16 nitrogen and oxygen atoms in total. The first-order valence-corrected chi connectivity index (χ1v) is 22.0. The lowest BCUT2D eigenvalue weighted by molar-refractivity contribution is -0.136. The topological polar surface area (TPSA) is 265 Å². The van der Waals surface area contributed by atoms with Crippen LogP contribution in [0.4, 0.5) is 0 Å². The van der Waals surface area contributed by atoms with Gasteiger partial charge in [-0.1, -0.05) is 128 Å². The highest BCUT2D eigenvalue weighted by Gasteiger charge is 2.34. The van der Waals surface area contributed by atoms with E-state index in [0.29, 0.717) is 12.0 Å². The van der Waals surface area contributed by atoms with Gasteiger partial charge in [-0.05, 0) is 44.6 Å². The number of guanidine groups is 1. The van der Waals surface area contributed by atoms with Crippen molar-refractivity contribution in [2.24, 2.45) is 11.7 Å². The molecule has 0 saturated carbocycles. The van der Waals surface area contributed by atoms with E-state index in [1.807, 2.05) is 0 Å². The van der Waals surface area contributed by atoms with Gasteiger partial charge in [0.25, 0.3) is 0 Å². The van der Waals surface area contributed by atoms with Crippen molar-refractivity contribution in [3.63, 3.8) is 0 Å². The third-order valence-corrected chi connectivity index (χ3v) is 10.4. The van der Waals surface area contributed by atoms with Gasteiger partial charge in [0, 0.05) is 19.4 Å². The van der Waals surface area contributed by atoms with E-state index in [-0.39, 0.29) is 44.1 Å². The quantitative estimate of drug-likeness (QED) is 0.0281. The van der Waals surface area contributed by atoms with Crippen molar-refractivity contribution in [1.82, 2.24) is 31.9 Å². The fourth-order valence-corrected chi connectivity index (χ4v) is 6.67. The normalized spacial score (nSPS) is 14.1. The van der Waals surface area contributed by atoms with Crippen LogP contribution in [0.2, 0.25) is 0 Å². The number of carbonyl (C=O) groups excluding carboxylic acids is 6. The van der Waals surface area contributed by atoms with Crippen LogP contribution >= 0.6 is 0 Å². The maximum Gasteiger partial charge on any atom is 0.245 e. The molecular weight excluding hydrogens is 769 g/mol. The lowest BCUT2D eigenvalue weighted by atomic mass is 9.99. The van der Waals surface area contributed by atoms with Gasteiger partial charge in [-0.2, -0.15) is 0 Å². The van der Waals surface area contributed by atoms with Crippen molar-refractivity contribution in [2.45, 2.75) is 180 Å². The number of unbranched alkanes of at least 4 members (excludes halogenated alkanes) is 12. The molecule has 16 heteroatoms. The van der Waals surface area contributed by atoms with Crippen LogP contribution in [0.5, 0.6) is 0 Å². The summed E-state index contributed by atoms with van der Waals surface area (Å²) in [6.07, 6.45) is 14.5. The van der Waals surface area contributed by atoms with E-state index in [9.17, 15) is 39.0 Å². The zero-order valence-electron chi connectivity index (χ0n) is 36.8. The van der Waals surface area contributed by atoms with Crippen molar-refractivity contribution in [2.75, 3.05) is 13.2 Å². The predicted molar refractivity (Wildman–Crippen MR) is 234 cm³/mol. The first kappa shape index (κ1) is 53.4. The SMILES string of the molecule is CCCCCCCCCCCCCCCC(=O)NC(C(=O)N[C@H](C(=O)N[C@@H](Cc1ccccc1)C(=O)N[C@@H](CCCNC(=N)N)C(=O)N[C@@H](CO)C(C)=O)C(C)C)[C@@H](C)O. The van der Waals surface area contributed by atoms with Gasteiger partial charge in [0.15, 0.2) is 11.7 Å². The number of amides is 5. The van der Waals surface area contributed by atoms with Crippen molar-refractivity contribution >= 4 is 41.3 Å². The third-order valence-electron chi connectivity index (χ3n) is 10.4. The minimum atomic E-state index is -1.33. The van der Waals surface area contributed by atoms with E-state index in [1.54, 1.807) is 44.2 Å². The molecule has 0 spiro atoms. The lowest BCUT2D eigenvalue weighted by Crippen LogP contribution is -2.61. The molecule has 0 aliphatic rings. The molecule has 0 aliphatic heterocycles. The molecule has 6 atom stereocenters. The number of nitrogens with two attached hydrogens (primary N) is 1. The molecular formula is C44H76N8O8. The Hall–Kier alpha value is -4.57. The summed E-state index contributed by atoms with van der Waals surface area (Å²) in [5, 5.41) is 43.3. The van der Waals surface area contributed by atoms with Gasteiger partial charge >= 0.3 is 0 Å². The molecule has 1 rings (SSSR count). The van der Waals surface area contributed by atoms with E-state index in [4.69, 9.17) is 11.1 Å². The molecule has 0 bridgehead atoms. The largest absolute Gasteiger partial charge is 0.394 e. The van der Waals surface area contributed by atoms with Gasteiger partial charge in [0.2, 0.25) is 29.5 Å². The zero-order chi connectivity index (χ0) is 44.9. The third kappa shape index (κ3) is 23.3. The zero-order valence-corrected chi connectivity index (χ0v) is 36.8. The predicted octanol–water partition coefficient (Wildman–Crippen LogP) is 3.02. The number of aliphatic hydroxyl groups excluding tert-OH is 2. The fourth-order valence-electron chi connectivity index (χ4n) is 6.67. The first-order chi connectivity index (χ1) is 28.6. The number of Topliss-reactive ketones (excluding diaryl/α,β-unsaturated/α-hetero) is 1. The minimum Gasteiger partial charge on any atom is -0.394 e. The maximum absolute atomic E-state index is 13.9. The van der Waals surface area contributed by atoms with E-state index in [0.717, 1.165) is 19.3 Å². The molecule has 0 saturated heterocycles. The van der Waals surface area contributed by atoms with Crippen molar-refractivity contribution < 1.29 is 39.0 Å². The van der Waals surface area contributed by atoms with Crippen LogP contribution in [0.3, 0.4) is 0 Å². The summed E-state index contributed by atoms with van der Waals surface area (Å²) >= 11 is 0. The van der Waals surface area contributed by atoms with Crippen LogP contribution in [-0.2, 0) is 35.2 Å². The summed E-state index contributed by atoms with van der Waals surface area (Å²) in [6.45, 7) is 7.76. The van der Waals surface area contributed by atoms with Crippen LogP contribution in [0.25, 0.3) is 0 Å². The lowest BCUT2D eigenvalue weighted by Gasteiger charge is -2.29. The monoisotopic (exact) mass is 845 g/mol. The molecule has 5 amide bonds. The number of hydrogen-bond acceptors (Lipinski definition) is 9. The fraction of sp³-hybridized carbons (Fsp3) is 0.705. The molecule has 340 valence electrons. The van der Waals surface area contributed by atoms with Gasteiger partial charge < -0.3 is 47.8 Å². The molecule has 0 aliphatic carbocycles. The van der Waals surface area contributed by atoms with Crippen LogP contribution in [0.15, 0.2) is 30.3 Å². The van der Waals surface area contributed by atoms with E-state index < -0.39 is 78.2 Å². The summed E-state index contributed by atoms with van der Waals surface area (Å²) in [4.78, 5) is 79.5. The van der Waals surface area contributed by atoms with Gasteiger partial charge in [-0.25, -0.2) is 0 Å². The Morgan fingerprint density at radius 3 is 1.65 bits per heavy atom. The minimum absolute atomic E-state index is 0.00959. The summed E-state index contributed by atoms with van der Waals surface area (Å²) < 4.78 is 0. The molecule has 11 N–H and O–H groups in total. The highest BCUT2D eigenvalue weighted by Crippen LogP contribution is 2.14. The molecule has 0 heterocycles. The maximum atomic E-state index is 13.9. The Labute approximate surface area is 357 Å². The second-order valence-electron chi connectivity index (χ2n) is 16.2. The second kappa shape index (κ2) is 31.3. The number of aliphatic hydroxyl groups is 2. The number of rotatable bonds is 33. The Bertz CT molecular complexity index is 1440. The van der Waals surface area contributed by atoms with Gasteiger partial charge in [0.05, 0.1) is 12.7 Å². The Kier molecular flexibility index (Phi) is 27.9. The molecule has 60 heavy (non-hydrogen) atoms. The Morgan fingerprint density at radius 1 is 0.650 bits per heavy atom. The first-order valence-electron chi connectivity index (χ1n) is 22.0. The van der Waals surface area contributed by atoms with E-state index >= 15 is 0 Å². The van der Waals surface area contributed by atoms with Crippen LogP contribution in [-0.4, -0.2) is 101 Å². The van der Waals surface area contributed by atoms with Gasteiger partial charge in [-0.3, -0.25) is 34.2 Å². The van der Waals surface area contributed by atoms with Gasteiger partial charge in [0.1, 0.15) is 30.2 Å². The van der Waals surface area contributed by atoms with E-state index in [2.05, 4.69) is 38.8 Å².